The average molecular weight is 393 g/mol. The lowest BCUT2D eigenvalue weighted by atomic mass is 9.91. The molecule has 27 heavy (non-hydrogen) atoms. The van der Waals surface area contributed by atoms with Crippen molar-refractivity contribution in [3.63, 3.8) is 0 Å². The third-order valence-corrected chi connectivity index (χ3v) is 8.17. The monoisotopic (exact) mass is 393 g/mol. The van der Waals surface area contributed by atoms with Crippen LogP contribution in [0.15, 0.2) is 24.3 Å². The summed E-state index contributed by atoms with van der Waals surface area (Å²) < 4.78 is 18.9. The Bertz CT molecular complexity index is 709. The molecule has 1 aromatic rings. The van der Waals surface area contributed by atoms with Crippen LogP contribution in [0.2, 0.25) is 0 Å². The number of hydrogen-bond acceptors (Lipinski definition) is 5. The molecule has 7 heteroatoms. The molecule has 2 aliphatic rings. The van der Waals surface area contributed by atoms with Gasteiger partial charge in [-0.1, -0.05) is 31.4 Å². The lowest BCUT2D eigenvalue weighted by molar-refractivity contribution is 0.0562. The lowest BCUT2D eigenvalue weighted by Crippen LogP contribution is -2.38. The Balaban J connectivity index is 1.64. The summed E-state index contributed by atoms with van der Waals surface area (Å²) in [5, 5.41) is 10.5. The second-order valence-electron chi connectivity index (χ2n) is 7.52. The van der Waals surface area contributed by atoms with Crippen LogP contribution in [-0.2, 0) is 9.09 Å². The second-order valence-corrected chi connectivity index (χ2v) is 10.1. The summed E-state index contributed by atoms with van der Waals surface area (Å²) in [5.41, 5.74) is 0.704. The predicted octanol–water partition coefficient (Wildman–Crippen LogP) is 3.54. The Morgan fingerprint density at radius 1 is 1.15 bits per heavy atom. The van der Waals surface area contributed by atoms with Crippen LogP contribution in [-0.4, -0.2) is 53.4 Å². The van der Waals surface area contributed by atoms with E-state index < -0.39 is 25.3 Å². The summed E-state index contributed by atoms with van der Waals surface area (Å²) in [6, 6.07) is 6.63. The molecule has 6 nitrogen and oxygen atoms in total. The highest BCUT2D eigenvalue weighted by Crippen LogP contribution is 2.51. The molecule has 1 aliphatic heterocycles. The summed E-state index contributed by atoms with van der Waals surface area (Å²) in [6.07, 6.45) is 5.00. The quantitative estimate of drug-likeness (QED) is 0.539. The predicted molar refractivity (Wildman–Crippen MR) is 103 cm³/mol. The number of hydrogen-bond donors (Lipinski definition) is 1. The van der Waals surface area contributed by atoms with Crippen LogP contribution in [0.4, 0.5) is 0 Å². The first-order valence-corrected chi connectivity index (χ1v) is 11.8. The molecule has 1 heterocycles. The number of fused-ring (bicyclic) bond motifs is 1. The molecule has 1 N–H and O–H groups in total. The van der Waals surface area contributed by atoms with Crippen molar-refractivity contribution in [3.8, 4) is 0 Å². The van der Waals surface area contributed by atoms with Crippen LogP contribution < -0.4 is 0 Å². The second kappa shape index (κ2) is 8.68. The molecule has 148 valence electrons. The van der Waals surface area contributed by atoms with Crippen molar-refractivity contribution in [1.29, 1.82) is 0 Å². The molecule has 0 radical (unpaired) electrons. The maximum atomic E-state index is 13.3. The van der Waals surface area contributed by atoms with Gasteiger partial charge in [-0.3, -0.25) is 19.1 Å². The Labute approximate surface area is 160 Å². The minimum absolute atomic E-state index is 0.0231. The Morgan fingerprint density at radius 3 is 2.30 bits per heavy atom. The lowest BCUT2D eigenvalue weighted by Gasteiger charge is -2.28. The van der Waals surface area contributed by atoms with Gasteiger partial charge in [-0.15, -0.1) is 0 Å². The molecule has 0 spiro atoms. The van der Waals surface area contributed by atoms with Crippen molar-refractivity contribution < 1.29 is 23.8 Å². The van der Waals surface area contributed by atoms with E-state index in [9.17, 15) is 19.3 Å². The molecule has 1 fully saturated rings. The van der Waals surface area contributed by atoms with E-state index in [2.05, 4.69) is 0 Å². The fraction of sp³-hybridized carbons (Fsp3) is 0.600. The summed E-state index contributed by atoms with van der Waals surface area (Å²) in [5.74, 6) is -0.455. The van der Waals surface area contributed by atoms with Gasteiger partial charge in [0, 0.05) is 6.16 Å². The third kappa shape index (κ3) is 4.68. The topological polar surface area (TPSA) is 83.9 Å². The van der Waals surface area contributed by atoms with Crippen molar-refractivity contribution >= 4 is 19.2 Å². The first kappa shape index (κ1) is 20.2. The molecular formula is C20H28NO5P. The van der Waals surface area contributed by atoms with Gasteiger partial charge in [0.15, 0.2) is 0 Å². The summed E-state index contributed by atoms with van der Waals surface area (Å²) in [6.45, 7) is 1.96. The Hall–Kier alpha value is -1.49. The summed E-state index contributed by atoms with van der Waals surface area (Å²) in [4.78, 5) is 25.9. The van der Waals surface area contributed by atoms with Crippen molar-refractivity contribution in [1.82, 2.24) is 4.90 Å². The molecule has 1 saturated carbocycles. The fourth-order valence-corrected chi connectivity index (χ4v) is 6.91. The van der Waals surface area contributed by atoms with Crippen LogP contribution >= 0.6 is 7.37 Å². The molecule has 0 saturated heterocycles. The maximum Gasteiger partial charge on any atom is 0.261 e. The van der Waals surface area contributed by atoms with Crippen LogP contribution in [0.25, 0.3) is 0 Å². The minimum atomic E-state index is -3.01. The largest absolute Gasteiger partial charge is 0.391 e. The van der Waals surface area contributed by atoms with Crippen molar-refractivity contribution in [2.75, 3.05) is 25.5 Å². The van der Waals surface area contributed by atoms with E-state index in [0.29, 0.717) is 29.8 Å². The summed E-state index contributed by atoms with van der Waals surface area (Å²) in [7, 11) is -3.01. The highest BCUT2D eigenvalue weighted by molar-refractivity contribution is 7.59. The normalized spacial score (nSPS) is 21.2. The number of benzene rings is 1. The summed E-state index contributed by atoms with van der Waals surface area (Å²) >= 11 is 0. The first-order valence-electron chi connectivity index (χ1n) is 9.79. The molecule has 2 atom stereocenters. The number of amides is 2. The number of β-amino-alcohol motifs (C(OH)–C–C–N with tert-alkyl or cyclic N) is 1. The van der Waals surface area contributed by atoms with E-state index in [4.69, 9.17) is 4.52 Å². The van der Waals surface area contributed by atoms with Gasteiger partial charge < -0.3 is 9.63 Å². The van der Waals surface area contributed by atoms with E-state index in [1.165, 1.54) is 6.42 Å². The molecule has 1 aliphatic carbocycles. The molecule has 2 amide bonds. The van der Waals surface area contributed by atoms with Gasteiger partial charge in [-0.2, -0.15) is 0 Å². The molecule has 0 bridgehead atoms. The van der Waals surface area contributed by atoms with Crippen LogP contribution in [0.1, 0.15) is 59.7 Å². The first-order chi connectivity index (χ1) is 12.9. The van der Waals surface area contributed by atoms with E-state index in [1.807, 2.05) is 0 Å². The van der Waals surface area contributed by atoms with Crippen LogP contribution in [0, 0.1) is 5.92 Å². The number of nitrogens with zero attached hydrogens (tertiary/aromatic N) is 1. The van der Waals surface area contributed by atoms with E-state index in [0.717, 1.165) is 30.6 Å². The molecule has 2 unspecified atom stereocenters. The SMILES string of the molecule is CCOP(=O)(CC(O)CN1C(=O)c2ccccc2C1=O)CC1CCCCC1. The molecule has 3 rings (SSSR count). The number of rotatable bonds is 8. The van der Waals surface area contributed by atoms with Crippen molar-refractivity contribution in [2.24, 2.45) is 5.92 Å². The van der Waals surface area contributed by atoms with Gasteiger partial charge in [0.1, 0.15) is 0 Å². The highest BCUT2D eigenvalue weighted by atomic mass is 31.2. The van der Waals surface area contributed by atoms with Crippen LogP contribution in [0.5, 0.6) is 0 Å². The molecule has 0 aromatic heterocycles. The zero-order valence-electron chi connectivity index (χ0n) is 15.8. The highest BCUT2D eigenvalue weighted by Gasteiger charge is 2.38. The molecular weight excluding hydrogens is 365 g/mol. The van der Waals surface area contributed by atoms with E-state index >= 15 is 0 Å². The van der Waals surface area contributed by atoms with Gasteiger partial charge in [-0.25, -0.2) is 0 Å². The van der Waals surface area contributed by atoms with E-state index in [-0.39, 0.29) is 12.7 Å². The zero-order valence-corrected chi connectivity index (χ0v) is 16.7. The van der Waals surface area contributed by atoms with Gasteiger partial charge >= 0.3 is 0 Å². The van der Waals surface area contributed by atoms with Gasteiger partial charge in [0.25, 0.3) is 11.8 Å². The van der Waals surface area contributed by atoms with E-state index in [1.54, 1.807) is 31.2 Å². The standard InChI is InChI=1S/C20H28NO5P/c1-2-26-27(25,13-15-8-4-3-5-9-15)14-16(22)12-21-19(23)17-10-6-7-11-18(17)20(21)24/h6-7,10-11,15-16,22H,2-5,8-9,12-14H2,1H3. The van der Waals surface area contributed by atoms with Crippen LogP contribution in [0.3, 0.4) is 0 Å². The number of aliphatic hydroxyl groups is 1. The fourth-order valence-electron chi connectivity index (χ4n) is 4.17. The Kier molecular flexibility index (Phi) is 6.51. The molecule has 1 aromatic carbocycles. The maximum absolute atomic E-state index is 13.3. The number of carbonyl (C=O) groups is 2. The van der Waals surface area contributed by atoms with Gasteiger partial charge in [0.05, 0.1) is 36.5 Å². The Morgan fingerprint density at radius 2 is 1.74 bits per heavy atom. The number of carbonyl (C=O) groups excluding carboxylic acids is 2. The average Bonchev–Trinajstić information content (AvgIpc) is 2.88. The number of aliphatic hydroxyl groups excluding tert-OH is 1. The number of imide groups is 1. The smallest absolute Gasteiger partial charge is 0.261 e. The minimum Gasteiger partial charge on any atom is -0.391 e. The zero-order chi connectivity index (χ0) is 19.4. The van der Waals surface area contributed by atoms with Gasteiger partial charge in [0.2, 0.25) is 7.37 Å². The third-order valence-electron chi connectivity index (χ3n) is 5.39. The van der Waals surface area contributed by atoms with Gasteiger partial charge in [-0.05, 0) is 37.8 Å². The van der Waals surface area contributed by atoms with Crippen molar-refractivity contribution in [2.45, 2.75) is 45.1 Å². The van der Waals surface area contributed by atoms with Crippen molar-refractivity contribution in [3.05, 3.63) is 35.4 Å².